The molecule has 3 aliphatic rings. The minimum absolute atomic E-state index is 0.110. The summed E-state index contributed by atoms with van der Waals surface area (Å²) in [5.41, 5.74) is 2.49. The van der Waals surface area contributed by atoms with Gasteiger partial charge < -0.3 is 5.32 Å². The standard InChI is InChI=1S/C12H12FN/c13-8-5-6-12-10(7-8)9-3-1-2-4-11(9)14-12/h3-7,10,12,14H,1-2H2. The van der Waals surface area contributed by atoms with E-state index in [1.165, 1.54) is 11.3 Å². The Morgan fingerprint density at radius 2 is 2.14 bits per heavy atom. The smallest absolute Gasteiger partial charge is 0.119 e. The molecule has 0 bridgehead atoms. The molecule has 2 aliphatic carbocycles. The monoisotopic (exact) mass is 189 g/mol. The van der Waals surface area contributed by atoms with Crippen molar-refractivity contribution in [1.29, 1.82) is 0 Å². The molecule has 72 valence electrons. The van der Waals surface area contributed by atoms with Gasteiger partial charge >= 0.3 is 0 Å². The van der Waals surface area contributed by atoms with Gasteiger partial charge in [0.25, 0.3) is 0 Å². The summed E-state index contributed by atoms with van der Waals surface area (Å²) in [5.74, 6) is 0.104. The quantitative estimate of drug-likeness (QED) is 0.617. The van der Waals surface area contributed by atoms with E-state index < -0.39 is 0 Å². The highest BCUT2D eigenvalue weighted by Crippen LogP contribution is 2.37. The van der Waals surface area contributed by atoms with Gasteiger partial charge in [-0.3, -0.25) is 0 Å². The third-order valence-corrected chi connectivity index (χ3v) is 3.06. The molecule has 3 rings (SSSR count). The van der Waals surface area contributed by atoms with E-state index in [1.54, 1.807) is 12.2 Å². The molecule has 0 aromatic heterocycles. The zero-order valence-electron chi connectivity index (χ0n) is 7.83. The Labute approximate surface area is 82.7 Å². The average molecular weight is 189 g/mol. The number of nitrogens with one attached hydrogen (secondary N) is 1. The van der Waals surface area contributed by atoms with E-state index >= 15 is 0 Å². The second-order valence-electron chi connectivity index (χ2n) is 3.96. The minimum Gasteiger partial charge on any atom is -0.378 e. The Morgan fingerprint density at radius 1 is 1.29 bits per heavy atom. The lowest BCUT2D eigenvalue weighted by Crippen LogP contribution is -2.24. The summed E-state index contributed by atoms with van der Waals surface area (Å²) < 4.78 is 13.1. The van der Waals surface area contributed by atoms with Crippen LogP contribution in [0.1, 0.15) is 12.8 Å². The van der Waals surface area contributed by atoms with Gasteiger partial charge in [-0.2, -0.15) is 0 Å². The molecule has 1 fully saturated rings. The number of halogens is 1. The summed E-state index contributed by atoms with van der Waals surface area (Å²) in [7, 11) is 0. The fourth-order valence-corrected chi connectivity index (χ4v) is 2.40. The first-order chi connectivity index (χ1) is 6.84. The van der Waals surface area contributed by atoms with Crippen LogP contribution in [0.25, 0.3) is 0 Å². The molecule has 2 unspecified atom stereocenters. The van der Waals surface area contributed by atoms with Gasteiger partial charge in [0.1, 0.15) is 5.83 Å². The zero-order valence-corrected chi connectivity index (χ0v) is 7.83. The third kappa shape index (κ3) is 1.07. The molecule has 0 aromatic carbocycles. The van der Waals surface area contributed by atoms with Crippen molar-refractivity contribution in [3.05, 3.63) is 47.5 Å². The Balaban J connectivity index is 2.03. The SMILES string of the molecule is FC1=CC2C3=CCCC=C3NC2C=C1. The molecule has 1 saturated heterocycles. The molecule has 14 heavy (non-hydrogen) atoms. The van der Waals surface area contributed by atoms with E-state index in [0.29, 0.717) is 0 Å². The van der Waals surface area contributed by atoms with Crippen molar-refractivity contribution in [2.45, 2.75) is 18.9 Å². The maximum atomic E-state index is 13.1. The Kier molecular flexibility index (Phi) is 1.63. The van der Waals surface area contributed by atoms with E-state index in [9.17, 15) is 4.39 Å². The molecule has 2 atom stereocenters. The van der Waals surface area contributed by atoms with Crippen LogP contribution in [0.3, 0.4) is 0 Å². The minimum atomic E-state index is -0.110. The largest absolute Gasteiger partial charge is 0.378 e. The van der Waals surface area contributed by atoms with Crippen LogP contribution >= 0.6 is 0 Å². The van der Waals surface area contributed by atoms with E-state index in [-0.39, 0.29) is 17.8 Å². The van der Waals surface area contributed by atoms with Gasteiger partial charge in [0.2, 0.25) is 0 Å². The fourth-order valence-electron chi connectivity index (χ4n) is 2.40. The number of rotatable bonds is 0. The van der Waals surface area contributed by atoms with Crippen molar-refractivity contribution in [3.63, 3.8) is 0 Å². The van der Waals surface area contributed by atoms with Gasteiger partial charge in [0.15, 0.2) is 0 Å². The second-order valence-corrected chi connectivity index (χ2v) is 3.96. The van der Waals surface area contributed by atoms with Crippen LogP contribution in [-0.2, 0) is 0 Å². The highest BCUT2D eigenvalue weighted by Gasteiger charge is 2.33. The van der Waals surface area contributed by atoms with Gasteiger partial charge in [-0.05, 0) is 30.6 Å². The second kappa shape index (κ2) is 2.84. The lowest BCUT2D eigenvalue weighted by atomic mass is 9.88. The van der Waals surface area contributed by atoms with Gasteiger partial charge in [0.05, 0.1) is 6.04 Å². The van der Waals surface area contributed by atoms with E-state index in [1.807, 2.05) is 6.08 Å². The maximum absolute atomic E-state index is 13.1. The molecule has 1 aliphatic heterocycles. The van der Waals surface area contributed by atoms with Crippen LogP contribution in [0.2, 0.25) is 0 Å². The van der Waals surface area contributed by atoms with Crippen molar-refractivity contribution >= 4 is 0 Å². The molecule has 0 spiro atoms. The number of hydrogen-bond acceptors (Lipinski definition) is 1. The zero-order chi connectivity index (χ0) is 9.54. The van der Waals surface area contributed by atoms with Crippen molar-refractivity contribution in [1.82, 2.24) is 5.32 Å². The van der Waals surface area contributed by atoms with Gasteiger partial charge in [-0.1, -0.05) is 18.2 Å². The predicted molar refractivity (Wildman–Crippen MR) is 54.1 cm³/mol. The number of hydrogen-bond donors (Lipinski definition) is 1. The molecule has 0 amide bonds. The summed E-state index contributed by atoms with van der Waals surface area (Å²) >= 11 is 0. The molecular weight excluding hydrogens is 177 g/mol. The van der Waals surface area contributed by atoms with Crippen LogP contribution in [-0.4, -0.2) is 6.04 Å². The summed E-state index contributed by atoms with van der Waals surface area (Å²) in [4.78, 5) is 0. The summed E-state index contributed by atoms with van der Waals surface area (Å²) in [5, 5.41) is 3.41. The van der Waals surface area contributed by atoms with Gasteiger partial charge in [-0.25, -0.2) is 4.39 Å². The Bertz CT molecular complexity index is 387. The molecule has 2 heteroatoms. The first-order valence-corrected chi connectivity index (χ1v) is 5.07. The lowest BCUT2D eigenvalue weighted by Gasteiger charge is -2.16. The molecular formula is C12H12FN. The first kappa shape index (κ1) is 8.04. The first-order valence-electron chi connectivity index (χ1n) is 5.07. The Morgan fingerprint density at radius 3 is 3.07 bits per heavy atom. The van der Waals surface area contributed by atoms with Gasteiger partial charge in [-0.15, -0.1) is 0 Å². The molecule has 1 heterocycles. The summed E-state index contributed by atoms with van der Waals surface area (Å²) in [6.07, 6.45) is 11.8. The topological polar surface area (TPSA) is 12.0 Å². The third-order valence-electron chi connectivity index (χ3n) is 3.06. The predicted octanol–water partition coefficient (Wildman–Crippen LogP) is 2.60. The molecule has 1 N–H and O–H groups in total. The van der Waals surface area contributed by atoms with Crippen molar-refractivity contribution in [3.8, 4) is 0 Å². The Hall–Kier alpha value is -1.31. The summed E-state index contributed by atoms with van der Waals surface area (Å²) in [6.45, 7) is 0. The van der Waals surface area contributed by atoms with Crippen molar-refractivity contribution in [2.75, 3.05) is 0 Å². The molecule has 0 radical (unpaired) electrons. The van der Waals surface area contributed by atoms with Gasteiger partial charge in [0, 0.05) is 11.6 Å². The average Bonchev–Trinajstić information content (AvgIpc) is 2.56. The van der Waals surface area contributed by atoms with Crippen LogP contribution < -0.4 is 5.32 Å². The lowest BCUT2D eigenvalue weighted by molar-refractivity contribution is 0.591. The van der Waals surface area contributed by atoms with Crippen LogP contribution in [0.4, 0.5) is 4.39 Å². The van der Waals surface area contributed by atoms with Crippen LogP contribution in [0, 0.1) is 5.92 Å². The fraction of sp³-hybridized carbons (Fsp3) is 0.333. The highest BCUT2D eigenvalue weighted by molar-refractivity contribution is 5.47. The highest BCUT2D eigenvalue weighted by atomic mass is 19.1. The van der Waals surface area contributed by atoms with E-state index in [0.717, 1.165) is 12.8 Å². The molecule has 1 nitrogen and oxygen atoms in total. The maximum Gasteiger partial charge on any atom is 0.119 e. The van der Waals surface area contributed by atoms with Crippen molar-refractivity contribution < 1.29 is 4.39 Å². The van der Waals surface area contributed by atoms with E-state index in [4.69, 9.17) is 0 Å². The molecule has 0 saturated carbocycles. The molecule has 0 aromatic rings. The van der Waals surface area contributed by atoms with Crippen molar-refractivity contribution in [2.24, 2.45) is 5.92 Å². The normalized spacial score (nSPS) is 33.6. The summed E-state index contributed by atoms with van der Waals surface area (Å²) in [6, 6.07) is 0.269. The van der Waals surface area contributed by atoms with E-state index in [2.05, 4.69) is 17.5 Å². The number of fused-ring (bicyclic) bond motifs is 3. The van der Waals surface area contributed by atoms with Crippen LogP contribution in [0.5, 0.6) is 0 Å². The number of allylic oxidation sites excluding steroid dienone is 5. The van der Waals surface area contributed by atoms with Crippen LogP contribution in [0.15, 0.2) is 47.5 Å².